The van der Waals surface area contributed by atoms with Gasteiger partial charge < -0.3 is 19.6 Å². The smallest absolute Gasteiger partial charge is 0.336 e. The Morgan fingerprint density at radius 1 is 1.09 bits per heavy atom. The number of hydrogen-bond acceptors (Lipinski definition) is 5. The Labute approximate surface area is 191 Å². The molecule has 0 radical (unpaired) electrons. The third-order valence-electron chi connectivity index (χ3n) is 6.24. The summed E-state index contributed by atoms with van der Waals surface area (Å²) in [6.45, 7) is 2.17. The van der Waals surface area contributed by atoms with Crippen molar-refractivity contribution in [2.45, 2.75) is 38.7 Å². The van der Waals surface area contributed by atoms with Crippen molar-refractivity contribution in [1.29, 1.82) is 0 Å². The first-order valence-electron chi connectivity index (χ1n) is 11.2. The van der Waals surface area contributed by atoms with Crippen molar-refractivity contribution in [2.24, 2.45) is 11.8 Å². The standard InChI is InChI=1S/C26H27NO6/c1-16(25(29)27-15-17-7-9-19(10-8-17)26(30)31)32-20-11-12-21-22(18-5-3-2-4-6-18)14-24(28)33-23(21)13-20/h2-6,11-14,16-17,19H,7-10,15H2,1H3,(H,27,29)(H,30,31)/t16-,17?,19?/m0/s1. The number of benzene rings is 2. The zero-order valence-corrected chi connectivity index (χ0v) is 18.5. The molecule has 1 heterocycles. The van der Waals surface area contributed by atoms with Gasteiger partial charge in [-0.1, -0.05) is 30.3 Å². The number of aliphatic carboxylic acids is 1. The number of ether oxygens (including phenoxy) is 1. The Morgan fingerprint density at radius 3 is 2.52 bits per heavy atom. The average molecular weight is 450 g/mol. The predicted octanol–water partition coefficient (Wildman–Crippen LogP) is 4.23. The molecular formula is C26H27NO6. The molecule has 33 heavy (non-hydrogen) atoms. The van der Waals surface area contributed by atoms with E-state index in [-0.39, 0.29) is 17.7 Å². The number of amides is 1. The minimum Gasteiger partial charge on any atom is -0.481 e. The molecule has 3 aromatic rings. The van der Waals surface area contributed by atoms with Crippen LogP contribution in [0, 0.1) is 11.8 Å². The SMILES string of the molecule is C[C@H](Oc1ccc2c(-c3ccccc3)cc(=O)oc2c1)C(=O)NCC1CCC(C(=O)O)CC1. The molecule has 1 aromatic heterocycles. The summed E-state index contributed by atoms with van der Waals surface area (Å²) >= 11 is 0. The number of carboxylic acid groups (broad SMARTS) is 1. The topological polar surface area (TPSA) is 106 Å². The van der Waals surface area contributed by atoms with Crippen LogP contribution in [0.15, 0.2) is 63.8 Å². The van der Waals surface area contributed by atoms with Gasteiger partial charge in [0, 0.05) is 24.1 Å². The third-order valence-corrected chi connectivity index (χ3v) is 6.24. The van der Waals surface area contributed by atoms with Gasteiger partial charge in [0.05, 0.1) is 5.92 Å². The second-order valence-corrected chi connectivity index (χ2v) is 8.56. The van der Waals surface area contributed by atoms with Crippen molar-refractivity contribution in [3.05, 3.63) is 65.0 Å². The van der Waals surface area contributed by atoms with Gasteiger partial charge in [0.1, 0.15) is 11.3 Å². The highest BCUT2D eigenvalue weighted by Crippen LogP contribution is 2.30. The van der Waals surface area contributed by atoms with Crippen LogP contribution >= 0.6 is 0 Å². The second-order valence-electron chi connectivity index (χ2n) is 8.56. The molecule has 0 spiro atoms. The van der Waals surface area contributed by atoms with Crippen molar-refractivity contribution in [3.8, 4) is 16.9 Å². The molecule has 1 saturated carbocycles. The zero-order chi connectivity index (χ0) is 23.4. The van der Waals surface area contributed by atoms with Crippen molar-refractivity contribution in [1.82, 2.24) is 5.32 Å². The highest BCUT2D eigenvalue weighted by atomic mass is 16.5. The maximum Gasteiger partial charge on any atom is 0.336 e. The fourth-order valence-corrected chi connectivity index (χ4v) is 4.33. The van der Waals surface area contributed by atoms with Crippen LogP contribution in [0.1, 0.15) is 32.6 Å². The van der Waals surface area contributed by atoms with Gasteiger partial charge in [0.25, 0.3) is 5.91 Å². The largest absolute Gasteiger partial charge is 0.481 e. The van der Waals surface area contributed by atoms with E-state index in [4.69, 9.17) is 14.3 Å². The van der Waals surface area contributed by atoms with E-state index in [1.807, 2.05) is 36.4 Å². The summed E-state index contributed by atoms with van der Waals surface area (Å²) in [5.74, 6) is -0.533. The maximum absolute atomic E-state index is 12.5. The Hall–Kier alpha value is -3.61. The monoisotopic (exact) mass is 449 g/mol. The quantitative estimate of drug-likeness (QED) is 0.523. The molecule has 2 aromatic carbocycles. The molecule has 4 rings (SSSR count). The van der Waals surface area contributed by atoms with Crippen LogP contribution in [-0.2, 0) is 9.59 Å². The number of fused-ring (bicyclic) bond motifs is 1. The molecule has 0 unspecified atom stereocenters. The van der Waals surface area contributed by atoms with E-state index in [9.17, 15) is 14.4 Å². The van der Waals surface area contributed by atoms with Crippen molar-refractivity contribution < 1.29 is 23.8 Å². The van der Waals surface area contributed by atoms with E-state index in [1.54, 1.807) is 19.1 Å². The van der Waals surface area contributed by atoms with E-state index in [0.717, 1.165) is 29.4 Å². The molecule has 7 nitrogen and oxygen atoms in total. The molecule has 1 atom stereocenters. The lowest BCUT2D eigenvalue weighted by Crippen LogP contribution is -2.39. The highest BCUT2D eigenvalue weighted by Gasteiger charge is 2.26. The van der Waals surface area contributed by atoms with Crippen LogP contribution in [0.4, 0.5) is 0 Å². The Morgan fingerprint density at radius 2 is 1.82 bits per heavy atom. The lowest BCUT2D eigenvalue weighted by Gasteiger charge is -2.26. The summed E-state index contributed by atoms with van der Waals surface area (Å²) in [5, 5.41) is 12.8. The first-order chi connectivity index (χ1) is 15.9. The molecule has 0 aliphatic heterocycles. The lowest BCUT2D eigenvalue weighted by molar-refractivity contribution is -0.143. The van der Waals surface area contributed by atoms with Gasteiger partial charge >= 0.3 is 11.6 Å². The van der Waals surface area contributed by atoms with E-state index in [1.165, 1.54) is 6.07 Å². The van der Waals surface area contributed by atoms with Crippen LogP contribution in [0.2, 0.25) is 0 Å². The van der Waals surface area contributed by atoms with Crippen molar-refractivity contribution in [3.63, 3.8) is 0 Å². The molecule has 0 saturated heterocycles. The van der Waals surface area contributed by atoms with Gasteiger partial charge in [-0.05, 0) is 61.8 Å². The van der Waals surface area contributed by atoms with Crippen molar-refractivity contribution >= 4 is 22.8 Å². The number of carboxylic acids is 1. The minimum absolute atomic E-state index is 0.241. The molecule has 2 N–H and O–H groups in total. The van der Waals surface area contributed by atoms with Gasteiger partial charge in [-0.2, -0.15) is 0 Å². The van der Waals surface area contributed by atoms with Crippen LogP contribution in [-0.4, -0.2) is 29.6 Å². The third kappa shape index (κ3) is 5.42. The molecule has 1 aliphatic carbocycles. The van der Waals surface area contributed by atoms with Gasteiger partial charge in [-0.3, -0.25) is 9.59 Å². The molecule has 0 bridgehead atoms. The van der Waals surface area contributed by atoms with Crippen LogP contribution < -0.4 is 15.7 Å². The van der Waals surface area contributed by atoms with Gasteiger partial charge in [0.15, 0.2) is 6.10 Å². The Bertz CT molecular complexity index is 1190. The highest BCUT2D eigenvalue weighted by molar-refractivity contribution is 5.93. The summed E-state index contributed by atoms with van der Waals surface area (Å²) < 4.78 is 11.2. The van der Waals surface area contributed by atoms with E-state index in [2.05, 4.69) is 5.32 Å². The summed E-state index contributed by atoms with van der Waals surface area (Å²) in [6.07, 6.45) is 2.14. The fourth-order valence-electron chi connectivity index (χ4n) is 4.33. The van der Waals surface area contributed by atoms with Crippen LogP contribution in [0.25, 0.3) is 22.1 Å². The number of carbonyl (C=O) groups is 2. The lowest BCUT2D eigenvalue weighted by atomic mass is 9.82. The molecule has 1 fully saturated rings. The first-order valence-corrected chi connectivity index (χ1v) is 11.2. The molecular weight excluding hydrogens is 422 g/mol. The van der Waals surface area contributed by atoms with E-state index < -0.39 is 17.7 Å². The summed E-state index contributed by atoms with van der Waals surface area (Å²) in [6, 6.07) is 16.3. The summed E-state index contributed by atoms with van der Waals surface area (Å²) in [7, 11) is 0. The Kier molecular flexibility index (Phi) is 6.77. The summed E-state index contributed by atoms with van der Waals surface area (Å²) in [4.78, 5) is 35.7. The van der Waals surface area contributed by atoms with Gasteiger partial charge in [0.2, 0.25) is 0 Å². The normalized spacial score (nSPS) is 19.1. The minimum atomic E-state index is -0.735. The van der Waals surface area contributed by atoms with Crippen LogP contribution in [0.3, 0.4) is 0 Å². The van der Waals surface area contributed by atoms with Crippen LogP contribution in [0.5, 0.6) is 5.75 Å². The number of rotatable bonds is 7. The maximum atomic E-state index is 12.5. The number of hydrogen-bond donors (Lipinski definition) is 2. The molecule has 7 heteroatoms. The number of nitrogens with one attached hydrogen (secondary N) is 1. The Balaban J connectivity index is 1.40. The van der Waals surface area contributed by atoms with E-state index in [0.29, 0.717) is 30.7 Å². The van der Waals surface area contributed by atoms with Gasteiger partial charge in [-0.15, -0.1) is 0 Å². The second kappa shape index (κ2) is 9.90. The summed E-state index contributed by atoms with van der Waals surface area (Å²) in [5.41, 5.74) is 1.62. The zero-order valence-electron chi connectivity index (χ0n) is 18.5. The average Bonchev–Trinajstić information content (AvgIpc) is 2.82. The predicted molar refractivity (Wildman–Crippen MR) is 124 cm³/mol. The number of carbonyl (C=O) groups excluding carboxylic acids is 1. The first kappa shape index (κ1) is 22.6. The molecule has 1 amide bonds. The fraction of sp³-hybridized carbons (Fsp3) is 0.346. The molecule has 172 valence electrons. The molecule has 1 aliphatic rings. The van der Waals surface area contributed by atoms with Crippen molar-refractivity contribution in [2.75, 3.05) is 6.54 Å². The van der Waals surface area contributed by atoms with E-state index >= 15 is 0 Å². The van der Waals surface area contributed by atoms with Gasteiger partial charge in [-0.25, -0.2) is 4.79 Å².